The maximum absolute atomic E-state index is 12.9. The molecule has 134 valence electrons. The molecule has 0 saturated carbocycles. The molecule has 1 aromatic carbocycles. The first-order valence-electron chi connectivity index (χ1n) is 8.67. The van der Waals surface area contributed by atoms with Gasteiger partial charge >= 0.3 is 0 Å². The summed E-state index contributed by atoms with van der Waals surface area (Å²) >= 11 is 1.59. The molecule has 6 heteroatoms. The van der Waals surface area contributed by atoms with Gasteiger partial charge in [-0.15, -0.1) is 0 Å². The molecular weight excluding hydrogens is 346 g/mol. The zero-order valence-electron chi connectivity index (χ0n) is 14.9. The van der Waals surface area contributed by atoms with E-state index in [1.54, 1.807) is 28.9 Å². The van der Waals surface area contributed by atoms with E-state index < -0.39 is 0 Å². The number of nitrogens with zero attached hydrogens (tertiary/aromatic N) is 3. The number of hydrogen-bond acceptors (Lipinski definition) is 4. The van der Waals surface area contributed by atoms with E-state index in [-0.39, 0.29) is 11.9 Å². The summed E-state index contributed by atoms with van der Waals surface area (Å²) < 4.78 is 7.77. The van der Waals surface area contributed by atoms with Crippen molar-refractivity contribution < 1.29 is 9.21 Å². The number of hydrogen-bond donors (Lipinski definition) is 0. The van der Waals surface area contributed by atoms with Crippen LogP contribution in [0.15, 0.2) is 58.4 Å². The van der Waals surface area contributed by atoms with E-state index in [0.717, 1.165) is 23.8 Å². The molecule has 0 N–H and O–H groups in total. The Bertz CT molecular complexity index is 931. The lowest BCUT2D eigenvalue weighted by Gasteiger charge is -2.24. The lowest BCUT2D eigenvalue weighted by molar-refractivity contribution is 0.0697. The zero-order chi connectivity index (χ0) is 18.1. The maximum Gasteiger partial charge on any atom is 0.289 e. The molecule has 0 spiro atoms. The van der Waals surface area contributed by atoms with Crippen LogP contribution >= 0.6 is 11.8 Å². The Labute approximate surface area is 157 Å². The lowest BCUT2D eigenvalue weighted by atomic mass is 10.1. The van der Waals surface area contributed by atoms with Crippen molar-refractivity contribution >= 4 is 17.7 Å². The summed E-state index contributed by atoms with van der Waals surface area (Å²) in [4.78, 5) is 18.9. The highest BCUT2D eigenvalue weighted by Gasteiger charge is 2.30. The van der Waals surface area contributed by atoms with Crippen LogP contribution in [0.3, 0.4) is 0 Å². The fourth-order valence-corrected chi connectivity index (χ4v) is 4.28. The molecule has 2 aromatic heterocycles. The minimum absolute atomic E-state index is 0.0695. The van der Waals surface area contributed by atoms with Gasteiger partial charge in [-0.05, 0) is 36.1 Å². The number of rotatable bonds is 5. The largest absolute Gasteiger partial charge is 0.455 e. The molecule has 0 aliphatic heterocycles. The van der Waals surface area contributed by atoms with Crippen LogP contribution in [0.5, 0.6) is 0 Å². The normalized spacial score (nSPS) is 15.8. The van der Waals surface area contributed by atoms with Crippen molar-refractivity contribution in [3.05, 3.63) is 71.4 Å². The van der Waals surface area contributed by atoms with Crippen molar-refractivity contribution in [2.75, 3.05) is 7.05 Å². The standard InChI is InChI=1S/C20H21N3O2S/c1-22-12-11-21-20(22)26-13-15-8-10-18(25-15)19(24)23(2)17-9-7-14-5-3-4-6-16(14)17/h3-6,8,10-12,17H,7,9,13H2,1-2H3. The Kier molecular flexibility index (Phi) is 4.59. The summed E-state index contributed by atoms with van der Waals surface area (Å²) in [5, 5.41) is 0.925. The van der Waals surface area contributed by atoms with Crippen LogP contribution in [0.4, 0.5) is 0 Å². The van der Waals surface area contributed by atoms with Gasteiger partial charge in [0.25, 0.3) is 5.91 Å². The number of aryl methyl sites for hydroxylation is 2. The Balaban J connectivity index is 1.44. The Morgan fingerprint density at radius 1 is 1.35 bits per heavy atom. The number of imidazole rings is 1. The number of benzene rings is 1. The minimum Gasteiger partial charge on any atom is -0.455 e. The second-order valence-electron chi connectivity index (χ2n) is 6.54. The molecule has 0 saturated heterocycles. The van der Waals surface area contributed by atoms with Crippen LogP contribution in [0.1, 0.15) is 39.9 Å². The minimum atomic E-state index is -0.0695. The van der Waals surface area contributed by atoms with Crippen LogP contribution in [-0.2, 0) is 19.2 Å². The van der Waals surface area contributed by atoms with Crippen LogP contribution in [0, 0.1) is 0 Å². The molecule has 5 nitrogen and oxygen atoms in total. The highest BCUT2D eigenvalue weighted by Crippen LogP contribution is 2.35. The summed E-state index contributed by atoms with van der Waals surface area (Å²) in [5.41, 5.74) is 2.59. The number of fused-ring (bicyclic) bond motifs is 1. The highest BCUT2D eigenvalue weighted by molar-refractivity contribution is 7.98. The Morgan fingerprint density at radius 3 is 3.00 bits per heavy atom. The first-order valence-corrected chi connectivity index (χ1v) is 9.66. The van der Waals surface area contributed by atoms with E-state index in [1.807, 2.05) is 37.0 Å². The van der Waals surface area contributed by atoms with Gasteiger partial charge in [0, 0.05) is 26.5 Å². The number of furan rings is 1. The quantitative estimate of drug-likeness (QED) is 0.638. The number of thioether (sulfide) groups is 1. The van der Waals surface area contributed by atoms with E-state index in [0.29, 0.717) is 11.5 Å². The van der Waals surface area contributed by atoms with Gasteiger partial charge in [0.15, 0.2) is 10.9 Å². The first-order chi connectivity index (χ1) is 12.6. The van der Waals surface area contributed by atoms with Gasteiger partial charge in [-0.25, -0.2) is 4.98 Å². The van der Waals surface area contributed by atoms with Gasteiger partial charge < -0.3 is 13.9 Å². The van der Waals surface area contributed by atoms with Crippen LogP contribution < -0.4 is 0 Å². The van der Waals surface area contributed by atoms with Crippen molar-refractivity contribution in [2.45, 2.75) is 29.8 Å². The zero-order valence-corrected chi connectivity index (χ0v) is 15.7. The van der Waals surface area contributed by atoms with Crippen LogP contribution in [0.25, 0.3) is 0 Å². The van der Waals surface area contributed by atoms with Crippen molar-refractivity contribution in [1.29, 1.82) is 0 Å². The third-order valence-corrected chi connectivity index (χ3v) is 5.96. The molecule has 0 fully saturated rings. The molecular formula is C20H21N3O2S. The highest BCUT2D eigenvalue weighted by atomic mass is 32.2. The Hall–Kier alpha value is -2.47. The maximum atomic E-state index is 12.9. The van der Waals surface area contributed by atoms with Crippen molar-refractivity contribution in [1.82, 2.24) is 14.5 Å². The number of carbonyl (C=O) groups is 1. The Morgan fingerprint density at radius 2 is 2.19 bits per heavy atom. The molecule has 1 aliphatic carbocycles. The van der Waals surface area contributed by atoms with Crippen molar-refractivity contribution in [3.8, 4) is 0 Å². The van der Waals surface area contributed by atoms with E-state index in [2.05, 4.69) is 23.2 Å². The second-order valence-corrected chi connectivity index (χ2v) is 7.49. The lowest BCUT2D eigenvalue weighted by Crippen LogP contribution is -2.29. The van der Waals surface area contributed by atoms with Crippen molar-refractivity contribution in [3.63, 3.8) is 0 Å². The fraction of sp³-hybridized carbons (Fsp3) is 0.300. The SMILES string of the molecule is CN(C(=O)c1ccc(CSc2nccn2C)o1)C1CCc2ccccc21. The topological polar surface area (TPSA) is 51.3 Å². The van der Waals surface area contributed by atoms with Crippen molar-refractivity contribution in [2.24, 2.45) is 7.05 Å². The molecule has 0 radical (unpaired) electrons. The van der Waals surface area contributed by atoms with E-state index in [4.69, 9.17) is 4.42 Å². The average Bonchev–Trinajstić information content (AvgIpc) is 3.38. The van der Waals surface area contributed by atoms with Gasteiger partial charge in [0.1, 0.15) is 5.76 Å². The molecule has 1 atom stereocenters. The van der Waals surface area contributed by atoms with E-state index >= 15 is 0 Å². The molecule has 2 heterocycles. The molecule has 1 unspecified atom stereocenters. The van der Waals surface area contributed by atoms with Gasteiger partial charge in [-0.1, -0.05) is 36.0 Å². The first kappa shape index (κ1) is 17.0. The third-order valence-electron chi connectivity index (χ3n) is 4.88. The van der Waals surface area contributed by atoms with Crippen LogP contribution in [-0.4, -0.2) is 27.4 Å². The predicted molar refractivity (Wildman–Crippen MR) is 101 cm³/mol. The van der Waals surface area contributed by atoms with Gasteiger partial charge in [-0.3, -0.25) is 4.79 Å². The summed E-state index contributed by atoms with van der Waals surface area (Å²) in [6, 6.07) is 12.1. The van der Waals surface area contributed by atoms with E-state index in [1.165, 1.54) is 11.1 Å². The second kappa shape index (κ2) is 7.03. The number of aromatic nitrogens is 2. The smallest absolute Gasteiger partial charge is 0.289 e. The molecule has 1 aliphatic rings. The molecule has 0 bridgehead atoms. The van der Waals surface area contributed by atoms with Gasteiger partial charge in [-0.2, -0.15) is 0 Å². The number of carbonyl (C=O) groups excluding carboxylic acids is 1. The number of amides is 1. The summed E-state index contributed by atoms with van der Waals surface area (Å²) in [7, 11) is 3.82. The van der Waals surface area contributed by atoms with E-state index in [9.17, 15) is 4.79 Å². The molecule has 26 heavy (non-hydrogen) atoms. The fourth-order valence-electron chi connectivity index (χ4n) is 3.45. The summed E-state index contributed by atoms with van der Waals surface area (Å²) in [5.74, 6) is 1.75. The summed E-state index contributed by atoms with van der Waals surface area (Å²) in [6.07, 6.45) is 5.66. The van der Waals surface area contributed by atoms with Gasteiger partial charge in [0.05, 0.1) is 11.8 Å². The van der Waals surface area contributed by atoms with Gasteiger partial charge in [0.2, 0.25) is 0 Å². The molecule has 4 rings (SSSR count). The summed E-state index contributed by atoms with van der Waals surface area (Å²) in [6.45, 7) is 0. The average molecular weight is 367 g/mol. The van der Waals surface area contributed by atoms with Crippen LogP contribution in [0.2, 0.25) is 0 Å². The molecule has 1 amide bonds. The monoisotopic (exact) mass is 367 g/mol. The predicted octanol–water partition coefficient (Wildman–Crippen LogP) is 4.06. The molecule has 3 aromatic rings. The third kappa shape index (κ3) is 3.17.